The number of fused-ring (bicyclic) bond motifs is 1. The summed E-state index contributed by atoms with van der Waals surface area (Å²) in [5.74, 6) is 2.96. The van der Waals surface area contributed by atoms with E-state index in [1.54, 1.807) is 13.4 Å². The zero-order chi connectivity index (χ0) is 20.9. The number of rotatable bonds is 8. The quantitative estimate of drug-likeness (QED) is 0.459. The Morgan fingerprint density at radius 3 is 2.67 bits per heavy atom. The van der Waals surface area contributed by atoms with E-state index in [1.165, 1.54) is 0 Å². The number of aromatic nitrogens is 4. The van der Waals surface area contributed by atoms with Gasteiger partial charge < -0.3 is 14.5 Å². The molecular formula is C23H25N5O2. The number of furan rings is 1. The second kappa shape index (κ2) is 8.82. The molecule has 1 aromatic carbocycles. The molecule has 1 N–H and O–H groups in total. The Bertz CT molecular complexity index is 1140. The molecular weight excluding hydrogens is 378 g/mol. The summed E-state index contributed by atoms with van der Waals surface area (Å²) >= 11 is 0. The fraction of sp³-hybridized carbons (Fsp3) is 0.261. The second-order valence-corrected chi connectivity index (χ2v) is 7.00. The SMILES string of the molecule is CCCc1nn(C)c2c(NCc3ccc(OC)cc3)nc(/C=C/c3ccco3)nc12. The summed E-state index contributed by atoms with van der Waals surface area (Å²) < 4.78 is 12.5. The van der Waals surface area contributed by atoms with Crippen molar-refractivity contribution >= 4 is 29.0 Å². The normalized spacial score (nSPS) is 11.4. The van der Waals surface area contributed by atoms with Gasteiger partial charge in [-0.3, -0.25) is 4.68 Å². The van der Waals surface area contributed by atoms with Crippen LogP contribution in [0.15, 0.2) is 47.1 Å². The van der Waals surface area contributed by atoms with Crippen molar-refractivity contribution in [1.82, 2.24) is 19.7 Å². The average Bonchev–Trinajstić information content (AvgIpc) is 3.39. The van der Waals surface area contributed by atoms with Gasteiger partial charge in [-0.25, -0.2) is 9.97 Å². The highest BCUT2D eigenvalue weighted by atomic mass is 16.5. The third kappa shape index (κ3) is 4.20. The molecule has 0 saturated heterocycles. The van der Waals surface area contributed by atoms with Gasteiger partial charge in [-0.05, 0) is 48.4 Å². The first-order valence-corrected chi connectivity index (χ1v) is 10.00. The molecule has 0 saturated carbocycles. The van der Waals surface area contributed by atoms with Gasteiger partial charge in [0.2, 0.25) is 0 Å². The van der Waals surface area contributed by atoms with Crippen LogP contribution >= 0.6 is 0 Å². The molecule has 3 heterocycles. The summed E-state index contributed by atoms with van der Waals surface area (Å²) in [7, 11) is 3.60. The van der Waals surface area contributed by atoms with E-state index >= 15 is 0 Å². The van der Waals surface area contributed by atoms with Crippen LogP contribution in [0.5, 0.6) is 5.75 Å². The molecule has 4 rings (SSSR count). The second-order valence-electron chi connectivity index (χ2n) is 7.00. The number of aryl methyl sites for hydroxylation is 2. The molecule has 154 valence electrons. The van der Waals surface area contributed by atoms with Gasteiger partial charge in [0.25, 0.3) is 0 Å². The van der Waals surface area contributed by atoms with Crippen LogP contribution in [0, 0.1) is 0 Å². The number of hydrogen-bond acceptors (Lipinski definition) is 6. The first kappa shape index (κ1) is 19.7. The fourth-order valence-electron chi connectivity index (χ4n) is 3.33. The first-order chi connectivity index (χ1) is 14.7. The number of methoxy groups -OCH3 is 1. The number of hydrogen-bond donors (Lipinski definition) is 1. The van der Waals surface area contributed by atoms with Crippen molar-refractivity contribution in [3.05, 3.63) is 65.5 Å². The largest absolute Gasteiger partial charge is 0.497 e. The highest BCUT2D eigenvalue weighted by molar-refractivity contribution is 5.88. The molecule has 0 unspecified atom stereocenters. The van der Waals surface area contributed by atoms with Gasteiger partial charge in [-0.2, -0.15) is 5.10 Å². The molecule has 4 aromatic rings. The molecule has 0 bridgehead atoms. The number of anilines is 1. The molecule has 30 heavy (non-hydrogen) atoms. The molecule has 0 atom stereocenters. The molecule has 0 radical (unpaired) electrons. The van der Waals surface area contributed by atoms with E-state index in [1.807, 2.05) is 60.3 Å². The predicted molar refractivity (Wildman–Crippen MR) is 118 cm³/mol. The van der Waals surface area contributed by atoms with Crippen LogP contribution in [-0.4, -0.2) is 26.9 Å². The molecule has 7 heteroatoms. The van der Waals surface area contributed by atoms with E-state index in [0.717, 1.165) is 52.5 Å². The summed E-state index contributed by atoms with van der Waals surface area (Å²) in [6.45, 7) is 2.77. The zero-order valence-corrected chi connectivity index (χ0v) is 17.4. The van der Waals surface area contributed by atoms with Gasteiger partial charge in [0.15, 0.2) is 11.6 Å². The van der Waals surface area contributed by atoms with Gasteiger partial charge in [-0.15, -0.1) is 0 Å². The molecule has 0 aliphatic rings. The van der Waals surface area contributed by atoms with Crippen molar-refractivity contribution in [3.8, 4) is 5.75 Å². The monoisotopic (exact) mass is 403 g/mol. The lowest BCUT2D eigenvalue weighted by atomic mass is 10.2. The molecule has 7 nitrogen and oxygen atoms in total. The zero-order valence-electron chi connectivity index (χ0n) is 17.4. The summed E-state index contributed by atoms with van der Waals surface area (Å²) in [6.07, 6.45) is 7.24. The number of ether oxygens (including phenoxy) is 1. The molecule has 0 aliphatic carbocycles. The lowest BCUT2D eigenvalue weighted by molar-refractivity contribution is 0.414. The van der Waals surface area contributed by atoms with Crippen LogP contribution in [0.4, 0.5) is 5.82 Å². The first-order valence-electron chi connectivity index (χ1n) is 10.00. The Morgan fingerprint density at radius 2 is 1.97 bits per heavy atom. The van der Waals surface area contributed by atoms with Gasteiger partial charge in [0.05, 0.1) is 19.1 Å². The Hall–Kier alpha value is -3.61. The van der Waals surface area contributed by atoms with E-state index in [0.29, 0.717) is 12.4 Å². The maximum Gasteiger partial charge on any atom is 0.156 e. The standard InChI is InChI=1S/C23H25N5O2/c1-4-6-19-21-22(28(2)27-19)23(24-15-16-8-10-17(29-3)11-9-16)26-20(25-21)13-12-18-7-5-14-30-18/h5,7-14H,4,6,15H2,1-3H3,(H,24,25,26)/b13-12+. The average molecular weight is 403 g/mol. The van der Waals surface area contributed by atoms with E-state index in [2.05, 4.69) is 17.3 Å². The summed E-state index contributed by atoms with van der Waals surface area (Å²) in [4.78, 5) is 9.52. The van der Waals surface area contributed by atoms with Crippen molar-refractivity contribution in [2.75, 3.05) is 12.4 Å². The van der Waals surface area contributed by atoms with Crippen LogP contribution in [0.25, 0.3) is 23.2 Å². The minimum absolute atomic E-state index is 0.612. The highest BCUT2D eigenvalue weighted by Crippen LogP contribution is 2.25. The lowest BCUT2D eigenvalue weighted by Gasteiger charge is -2.09. The van der Waals surface area contributed by atoms with Crippen molar-refractivity contribution in [2.45, 2.75) is 26.3 Å². The van der Waals surface area contributed by atoms with Crippen molar-refractivity contribution in [2.24, 2.45) is 7.05 Å². The third-order valence-corrected chi connectivity index (χ3v) is 4.81. The smallest absolute Gasteiger partial charge is 0.156 e. The predicted octanol–water partition coefficient (Wildman–Crippen LogP) is 4.70. The Labute approximate surface area is 175 Å². The van der Waals surface area contributed by atoms with Crippen LogP contribution in [0.2, 0.25) is 0 Å². The minimum Gasteiger partial charge on any atom is -0.497 e. The number of benzene rings is 1. The lowest BCUT2D eigenvalue weighted by Crippen LogP contribution is -2.06. The topological polar surface area (TPSA) is 78.0 Å². The third-order valence-electron chi connectivity index (χ3n) is 4.81. The Kier molecular flexibility index (Phi) is 5.79. The van der Waals surface area contributed by atoms with Gasteiger partial charge in [-0.1, -0.05) is 25.5 Å². The number of nitrogens with zero attached hydrogens (tertiary/aromatic N) is 4. The Balaban J connectivity index is 1.69. The van der Waals surface area contributed by atoms with Gasteiger partial charge in [0.1, 0.15) is 22.5 Å². The molecule has 0 amide bonds. The summed E-state index contributed by atoms with van der Waals surface area (Å²) in [5.41, 5.74) is 3.90. The minimum atomic E-state index is 0.612. The van der Waals surface area contributed by atoms with Gasteiger partial charge >= 0.3 is 0 Å². The maximum absolute atomic E-state index is 5.38. The van der Waals surface area contributed by atoms with E-state index in [4.69, 9.17) is 19.1 Å². The van der Waals surface area contributed by atoms with Crippen LogP contribution in [-0.2, 0) is 20.0 Å². The van der Waals surface area contributed by atoms with E-state index in [9.17, 15) is 0 Å². The molecule has 3 aromatic heterocycles. The number of nitrogens with one attached hydrogen (secondary N) is 1. The fourth-order valence-corrected chi connectivity index (χ4v) is 3.33. The van der Waals surface area contributed by atoms with Crippen LogP contribution in [0.3, 0.4) is 0 Å². The Morgan fingerprint density at radius 1 is 1.13 bits per heavy atom. The highest BCUT2D eigenvalue weighted by Gasteiger charge is 2.16. The summed E-state index contributed by atoms with van der Waals surface area (Å²) in [6, 6.07) is 11.7. The molecule has 0 spiro atoms. The summed E-state index contributed by atoms with van der Waals surface area (Å²) in [5, 5.41) is 8.15. The van der Waals surface area contributed by atoms with Crippen LogP contribution < -0.4 is 10.1 Å². The van der Waals surface area contributed by atoms with Gasteiger partial charge in [0, 0.05) is 13.6 Å². The maximum atomic E-state index is 5.38. The van der Waals surface area contributed by atoms with E-state index in [-0.39, 0.29) is 0 Å². The van der Waals surface area contributed by atoms with Crippen molar-refractivity contribution in [1.29, 1.82) is 0 Å². The van der Waals surface area contributed by atoms with Crippen molar-refractivity contribution in [3.63, 3.8) is 0 Å². The van der Waals surface area contributed by atoms with Crippen molar-refractivity contribution < 1.29 is 9.15 Å². The molecule has 0 fully saturated rings. The molecule has 0 aliphatic heterocycles. The van der Waals surface area contributed by atoms with Crippen LogP contribution in [0.1, 0.15) is 36.2 Å². The van der Waals surface area contributed by atoms with E-state index < -0.39 is 0 Å².